The normalized spacial score (nSPS) is 23.2. The summed E-state index contributed by atoms with van der Waals surface area (Å²) in [5.41, 5.74) is 7.08. The van der Waals surface area contributed by atoms with Crippen molar-refractivity contribution in [3.63, 3.8) is 0 Å². The molecule has 0 bridgehead atoms. The van der Waals surface area contributed by atoms with Crippen LogP contribution in [-0.4, -0.2) is 77.7 Å². The van der Waals surface area contributed by atoms with E-state index in [0.717, 1.165) is 11.3 Å². The van der Waals surface area contributed by atoms with Gasteiger partial charge in [-0.15, -0.1) is 0 Å². The highest BCUT2D eigenvalue weighted by molar-refractivity contribution is 5.93. The summed E-state index contributed by atoms with van der Waals surface area (Å²) in [7, 11) is 5.16. The maximum Gasteiger partial charge on any atom is 0.320 e. The molecule has 9 nitrogen and oxygen atoms in total. The van der Waals surface area contributed by atoms with Crippen molar-refractivity contribution < 1.29 is 14.3 Å². The van der Waals surface area contributed by atoms with Gasteiger partial charge in [-0.2, -0.15) is 5.10 Å². The Balaban J connectivity index is 1.60. The van der Waals surface area contributed by atoms with E-state index in [-0.39, 0.29) is 29.8 Å². The lowest BCUT2D eigenvalue weighted by Crippen LogP contribution is -2.42. The quantitative estimate of drug-likeness (QED) is 0.813. The maximum absolute atomic E-state index is 12.8. The summed E-state index contributed by atoms with van der Waals surface area (Å²) < 4.78 is 5.27. The standard InChI is InChI=1S/C20H26N6O3/c1-24(2)20(28)26-10-13-9-25(19(27)16-8-17(21)23-22-16)11-15(13)18(26)12-4-6-14(29-3)7-5-12/h4-8,13,15,18H,9-11H2,1-3H3,(H3,21,22,23)/t13-,15-,18+/m1/s1. The van der Waals surface area contributed by atoms with E-state index < -0.39 is 0 Å². The summed E-state index contributed by atoms with van der Waals surface area (Å²) in [6.45, 7) is 1.80. The predicted molar refractivity (Wildman–Crippen MR) is 107 cm³/mol. The first-order chi connectivity index (χ1) is 13.9. The van der Waals surface area contributed by atoms with Crippen LogP contribution in [0.5, 0.6) is 5.75 Å². The summed E-state index contributed by atoms with van der Waals surface area (Å²) in [5.74, 6) is 1.34. The van der Waals surface area contributed by atoms with Crippen LogP contribution in [0.15, 0.2) is 30.3 Å². The van der Waals surface area contributed by atoms with Gasteiger partial charge in [-0.1, -0.05) is 12.1 Å². The van der Waals surface area contributed by atoms with Crippen LogP contribution in [0.2, 0.25) is 0 Å². The number of anilines is 1. The van der Waals surface area contributed by atoms with Crippen LogP contribution in [0.3, 0.4) is 0 Å². The van der Waals surface area contributed by atoms with Gasteiger partial charge in [0.05, 0.1) is 13.2 Å². The van der Waals surface area contributed by atoms with Gasteiger partial charge in [0.25, 0.3) is 5.91 Å². The second-order valence-corrected chi connectivity index (χ2v) is 7.89. The minimum atomic E-state index is -0.109. The van der Waals surface area contributed by atoms with Gasteiger partial charge >= 0.3 is 6.03 Å². The Morgan fingerprint density at radius 2 is 1.93 bits per heavy atom. The number of aromatic nitrogens is 2. The average Bonchev–Trinajstić information content (AvgIpc) is 3.40. The monoisotopic (exact) mass is 398 g/mol. The van der Waals surface area contributed by atoms with Crippen LogP contribution in [0.4, 0.5) is 10.6 Å². The summed E-state index contributed by atoms with van der Waals surface area (Å²) in [4.78, 5) is 31.0. The topological polar surface area (TPSA) is 108 Å². The second-order valence-electron chi connectivity index (χ2n) is 7.89. The third kappa shape index (κ3) is 3.37. The molecule has 2 aromatic rings. The number of carbonyl (C=O) groups excluding carboxylic acids is 2. The Hall–Kier alpha value is -3.23. The first kappa shape index (κ1) is 19.1. The molecule has 0 radical (unpaired) electrons. The Labute approximate surface area is 169 Å². The SMILES string of the molecule is COc1ccc([C@H]2[C@@H]3CN(C(=O)c4cc(N)n[nH]4)C[C@@H]3CN2C(=O)N(C)C)cc1. The predicted octanol–water partition coefficient (Wildman–Crippen LogP) is 1.43. The lowest BCUT2D eigenvalue weighted by molar-refractivity contribution is 0.0760. The number of fused-ring (bicyclic) bond motifs is 1. The van der Waals surface area contributed by atoms with E-state index in [9.17, 15) is 9.59 Å². The zero-order valence-electron chi connectivity index (χ0n) is 16.8. The van der Waals surface area contributed by atoms with Crippen LogP contribution in [0.25, 0.3) is 0 Å². The summed E-state index contributed by atoms with van der Waals surface area (Å²) in [6.07, 6.45) is 0. The number of amides is 3. The molecule has 0 aliphatic carbocycles. The van der Waals surface area contributed by atoms with Gasteiger partial charge in [0, 0.05) is 51.6 Å². The molecule has 1 aromatic heterocycles. The van der Waals surface area contributed by atoms with Crippen molar-refractivity contribution in [3.8, 4) is 5.75 Å². The Kier molecular flexibility index (Phi) is 4.81. The molecule has 154 valence electrons. The molecule has 29 heavy (non-hydrogen) atoms. The molecular formula is C20H26N6O3. The van der Waals surface area contributed by atoms with Crippen molar-refractivity contribution in [2.24, 2.45) is 11.8 Å². The van der Waals surface area contributed by atoms with E-state index in [0.29, 0.717) is 31.1 Å². The van der Waals surface area contributed by atoms with Crippen LogP contribution >= 0.6 is 0 Å². The number of aromatic amines is 1. The van der Waals surface area contributed by atoms with E-state index in [4.69, 9.17) is 10.5 Å². The number of urea groups is 1. The van der Waals surface area contributed by atoms with E-state index >= 15 is 0 Å². The van der Waals surface area contributed by atoms with Crippen LogP contribution in [0, 0.1) is 11.8 Å². The van der Waals surface area contributed by atoms with Crippen molar-refractivity contribution in [2.45, 2.75) is 6.04 Å². The number of benzene rings is 1. The Morgan fingerprint density at radius 3 is 2.52 bits per heavy atom. The molecule has 0 saturated carbocycles. The van der Waals surface area contributed by atoms with E-state index in [1.165, 1.54) is 0 Å². The molecule has 0 spiro atoms. The number of hydrogen-bond acceptors (Lipinski definition) is 5. The molecule has 3 amide bonds. The van der Waals surface area contributed by atoms with E-state index in [1.54, 1.807) is 32.2 Å². The van der Waals surface area contributed by atoms with Crippen LogP contribution in [0.1, 0.15) is 22.1 Å². The van der Waals surface area contributed by atoms with Gasteiger partial charge in [0.15, 0.2) is 0 Å². The van der Waals surface area contributed by atoms with E-state index in [2.05, 4.69) is 10.2 Å². The highest BCUT2D eigenvalue weighted by Gasteiger charge is 2.50. The third-order valence-corrected chi connectivity index (χ3v) is 5.87. The average molecular weight is 398 g/mol. The number of methoxy groups -OCH3 is 1. The minimum absolute atomic E-state index is 0.0144. The first-order valence-electron chi connectivity index (χ1n) is 9.61. The molecule has 3 heterocycles. The number of nitrogens with zero attached hydrogens (tertiary/aromatic N) is 4. The van der Waals surface area contributed by atoms with Gasteiger partial charge in [0.1, 0.15) is 17.3 Å². The number of rotatable bonds is 3. The number of H-pyrrole nitrogens is 1. The van der Waals surface area contributed by atoms with Gasteiger partial charge in [-0.25, -0.2) is 4.79 Å². The molecule has 0 unspecified atom stereocenters. The number of carbonyl (C=O) groups is 2. The molecule has 4 rings (SSSR count). The second kappa shape index (κ2) is 7.31. The van der Waals surface area contributed by atoms with Crippen molar-refractivity contribution in [3.05, 3.63) is 41.6 Å². The molecule has 2 saturated heterocycles. The van der Waals surface area contributed by atoms with Crippen LogP contribution < -0.4 is 10.5 Å². The summed E-state index contributed by atoms with van der Waals surface area (Å²) in [6, 6.07) is 9.27. The molecular weight excluding hydrogens is 372 g/mol. The number of hydrogen-bond donors (Lipinski definition) is 2. The fourth-order valence-corrected chi connectivity index (χ4v) is 4.51. The molecule has 3 atom stereocenters. The molecule has 2 aliphatic heterocycles. The lowest BCUT2D eigenvalue weighted by atomic mass is 9.89. The summed E-state index contributed by atoms with van der Waals surface area (Å²) >= 11 is 0. The highest BCUT2D eigenvalue weighted by atomic mass is 16.5. The summed E-state index contributed by atoms with van der Waals surface area (Å²) in [5, 5.41) is 6.54. The van der Waals surface area contributed by atoms with Crippen LogP contribution in [-0.2, 0) is 0 Å². The van der Waals surface area contributed by atoms with Gasteiger partial charge < -0.3 is 25.2 Å². The number of nitrogens with two attached hydrogens (primary N) is 1. The van der Waals surface area contributed by atoms with Gasteiger partial charge in [0.2, 0.25) is 0 Å². The van der Waals surface area contributed by atoms with Crippen molar-refractivity contribution >= 4 is 17.8 Å². The number of likely N-dealkylation sites (tertiary alicyclic amines) is 2. The van der Waals surface area contributed by atoms with Crippen molar-refractivity contribution in [2.75, 3.05) is 46.6 Å². The molecule has 2 fully saturated rings. The lowest BCUT2D eigenvalue weighted by Gasteiger charge is -2.31. The minimum Gasteiger partial charge on any atom is -0.497 e. The van der Waals surface area contributed by atoms with E-state index in [1.807, 2.05) is 34.1 Å². The van der Waals surface area contributed by atoms with Gasteiger partial charge in [-0.3, -0.25) is 9.89 Å². The molecule has 9 heteroatoms. The molecule has 1 aromatic carbocycles. The highest BCUT2D eigenvalue weighted by Crippen LogP contribution is 2.45. The Bertz CT molecular complexity index is 909. The molecule has 3 N–H and O–H groups in total. The zero-order chi connectivity index (χ0) is 20.7. The first-order valence-corrected chi connectivity index (χ1v) is 9.61. The zero-order valence-corrected chi connectivity index (χ0v) is 16.8. The molecule has 2 aliphatic rings. The maximum atomic E-state index is 12.8. The van der Waals surface area contributed by atoms with Gasteiger partial charge in [-0.05, 0) is 17.7 Å². The Morgan fingerprint density at radius 1 is 1.21 bits per heavy atom. The fraction of sp³-hybridized carbons (Fsp3) is 0.450. The fourth-order valence-electron chi connectivity index (χ4n) is 4.51. The number of ether oxygens (including phenoxy) is 1. The largest absolute Gasteiger partial charge is 0.497 e. The van der Waals surface area contributed by atoms with Crippen molar-refractivity contribution in [1.29, 1.82) is 0 Å². The number of nitrogens with one attached hydrogen (secondary N) is 1. The number of nitrogen functional groups attached to an aromatic ring is 1. The third-order valence-electron chi connectivity index (χ3n) is 5.87. The van der Waals surface area contributed by atoms with Crippen molar-refractivity contribution in [1.82, 2.24) is 24.9 Å². The smallest absolute Gasteiger partial charge is 0.320 e.